The third kappa shape index (κ3) is 3.41. The fourth-order valence-electron chi connectivity index (χ4n) is 4.87. The van der Waals surface area contributed by atoms with E-state index in [2.05, 4.69) is 25.2 Å². The topological polar surface area (TPSA) is 97.5 Å². The van der Waals surface area contributed by atoms with Crippen LogP contribution in [-0.2, 0) is 10.2 Å². The van der Waals surface area contributed by atoms with Crippen LogP contribution in [0.2, 0.25) is 0 Å². The highest BCUT2D eigenvalue weighted by molar-refractivity contribution is 7.86. The van der Waals surface area contributed by atoms with Crippen LogP contribution in [0.1, 0.15) is 25.7 Å². The molecule has 4 heterocycles. The van der Waals surface area contributed by atoms with Gasteiger partial charge in [0.05, 0.1) is 10.9 Å². The third-order valence-corrected chi connectivity index (χ3v) is 8.70. The molecule has 1 saturated carbocycles. The molecular weight excluding hydrogens is 390 g/mol. The molecule has 0 amide bonds. The molecule has 1 spiro atoms. The van der Waals surface area contributed by atoms with Gasteiger partial charge in [0.25, 0.3) is 10.2 Å². The summed E-state index contributed by atoms with van der Waals surface area (Å²) in [4.78, 5) is 14.1. The highest BCUT2D eigenvalue weighted by Gasteiger charge is 2.56. The molecule has 2 N–H and O–H groups in total. The number of piperazine rings is 1. The predicted molar refractivity (Wildman–Crippen MR) is 112 cm³/mol. The molecule has 0 bridgehead atoms. The Balaban J connectivity index is 1.33. The van der Waals surface area contributed by atoms with Crippen LogP contribution in [0.4, 0.5) is 5.82 Å². The van der Waals surface area contributed by atoms with Gasteiger partial charge in [-0.2, -0.15) is 17.0 Å². The largest absolute Gasteiger partial charge is 0.353 e. The van der Waals surface area contributed by atoms with Crippen LogP contribution < -0.4 is 10.2 Å². The van der Waals surface area contributed by atoms with Crippen LogP contribution in [0.5, 0.6) is 0 Å². The molecule has 9 nitrogen and oxygen atoms in total. The number of anilines is 1. The van der Waals surface area contributed by atoms with Gasteiger partial charge in [-0.15, -0.1) is 0 Å². The van der Waals surface area contributed by atoms with Crippen molar-refractivity contribution < 1.29 is 8.42 Å². The number of rotatable bonds is 5. The monoisotopic (exact) mass is 419 g/mol. The van der Waals surface area contributed by atoms with Crippen molar-refractivity contribution in [3.8, 4) is 0 Å². The lowest BCUT2D eigenvalue weighted by atomic mass is 10.00. The first-order chi connectivity index (χ1) is 14.0. The number of aromatic amines is 1. The van der Waals surface area contributed by atoms with E-state index < -0.39 is 10.2 Å². The van der Waals surface area contributed by atoms with Crippen molar-refractivity contribution in [2.75, 3.05) is 51.2 Å². The summed E-state index contributed by atoms with van der Waals surface area (Å²) in [6, 6.07) is 1.99. The maximum atomic E-state index is 13.4. The first-order valence-corrected chi connectivity index (χ1v) is 11.9. The third-order valence-electron chi connectivity index (χ3n) is 6.63. The van der Waals surface area contributed by atoms with Crippen molar-refractivity contribution in [1.82, 2.24) is 28.9 Å². The van der Waals surface area contributed by atoms with Crippen LogP contribution >= 0.6 is 0 Å². The average molecular weight is 420 g/mol. The van der Waals surface area contributed by atoms with E-state index in [1.54, 1.807) is 22.0 Å². The molecule has 1 aliphatic carbocycles. The van der Waals surface area contributed by atoms with E-state index in [0.717, 1.165) is 55.6 Å². The first-order valence-electron chi connectivity index (χ1n) is 10.5. The van der Waals surface area contributed by atoms with Crippen LogP contribution in [0, 0.1) is 5.92 Å². The fraction of sp³-hybridized carbons (Fsp3) is 0.684. The summed E-state index contributed by atoms with van der Waals surface area (Å²) in [5, 5.41) is 4.37. The number of nitrogens with one attached hydrogen (secondary N) is 2. The lowest BCUT2D eigenvalue weighted by molar-refractivity contribution is 0.239. The Labute approximate surface area is 171 Å². The maximum Gasteiger partial charge on any atom is 0.282 e. The smallest absolute Gasteiger partial charge is 0.282 e. The number of hydrogen-bond acceptors (Lipinski definition) is 6. The quantitative estimate of drug-likeness (QED) is 0.744. The summed E-state index contributed by atoms with van der Waals surface area (Å²) in [7, 11) is -1.73. The summed E-state index contributed by atoms with van der Waals surface area (Å²) in [6.07, 6.45) is 7.46. The molecule has 2 saturated heterocycles. The van der Waals surface area contributed by atoms with E-state index in [1.807, 2.05) is 12.3 Å². The van der Waals surface area contributed by atoms with Gasteiger partial charge in [-0.1, -0.05) is 0 Å². The van der Waals surface area contributed by atoms with E-state index in [1.165, 1.54) is 0 Å². The number of fused-ring (bicyclic) bond motifs is 1. The van der Waals surface area contributed by atoms with Gasteiger partial charge in [0.15, 0.2) is 0 Å². The zero-order valence-corrected chi connectivity index (χ0v) is 17.7. The Bertz CT molecular complexity index is 981. The second-order valence-corrected chi connectivity index (χ2v) is 10.6. The lowest BCUT2D eigenvalue weighted by Gasteiger charge is -2.43. The molecule has 0 radical (unpaired) electrons. The Kier molecular flexibility index (Phi) is 4.77. The van der Waals surface area contributed by atoms with E-state index in [9.17, 15) is 8.42 Å². The molecule has 2 aromatic heterocycles. The number of hydrogen-bond donors (Lipinski definition) is 2. The van der Waals surface area contributed by atoms with Gasteiger partial charge in [0.2, 0.25) is 0 Å². The minimum atomic E-state index is -3.47. The van der Waals surface area contributed by atoms with Gasteiger partial charge in [-0.3, -0.25) is 0 Å². The van der Waals surface area contributed by atoms with Crippen LogP contribution in [0.15, 0.2) is 18.6 Å². The molecule has 29 heavy (non-hydrogen) atoms. The van der Waals surface area contributed by atoms with Gasteiger partial charge in [-0.25, -0.2) is 9.97 Å². The highest BCUT2D eigenvalue weighted by Crippen LogP contribution is 2.47. The second kappa shape index (κ2) is 7.19. The predicted octanol–water partition coefficient (Wildman–Crippen LogP) is 0.789. The van der Waals surface area contributed by atoms with Gasteiger partial charge in [0.1, 0.15) is 17.8 Å². The van der Waals surface area contributed by atoms with Gasteiger partial charge >= 0.3 is 0 Å². The van der Waals surface area contributed by atoms with Crippen molar-refractivity contribution in [3.63, 3.8) is 0 Å². The zero-order chi connectivity index (χ0) is 20.1. The van der Waals surface area contributed by atoms with Crippen molar-refractivity contribution >= 4 is 27.1 Å². The molecule has 5 rings (SSSR count). The minimum Gasteiger partial charge on any atom is -0.353 e. The molecule has 158 valence electrons. The summed E-state index contributed by atoms with van der Waals surface area (Å²) in [5.74, 6) is 1.28. The molecular formula is C19H29N7O2S. The Morgan fingerprint density at radius 2 is 2.17 bits per heavy atom. The lowest BCUT2D eigenvalue weighted by Crippen LogP contribution is -2.60. The molecule has 3 fully saturated rings. The molecule has 1 atom stereocenters. The molecule has 1 unspecified atom stereocenters. The van der Waals surface area contributed by atoms with Crippen LogP contribution in [0.3, 0.4) is 0 Å². The molecule has 2 aromatic rings. The zero-order valence-electron chi connectivity index (χ0n) is 16.8. The SMILES string of the molecule is CN(CC1CCCNC1)S(=O)(=O)N1CCN(c2ncnc3[nH]ccc23)CC12CC2. The summed E-state index contributed by atoms with van der Waals surface area (Å²) in [6.45, 7) is 4.33. The van der Waals surface area contributed by atoms with Gasteiger partial charge in [-0.05, 0) is 50.8 Å². The van der Waals surface area contributed by atoms with E-state index in [-0.39, 0.29) is 5.54 Å². The van der Waals surface area contributed by atoms with Crippen LogP contribution in [0.25, 0.3) is 11.0 Å². The second-order valence-electron chi connectivity index (χ2n) is 8.66. The summed E-state index contributed by atoms with van der Waals surface area (Å²) in [5.41, 5.74) is 0.514. The number of aromatic nitrogens is 3. The van der Waals surface area contributed by atoms with Crippen molar-refractivity contribution in [3.05, 3.63) is 18.6 Å². The molecule has 3 aliphatic rings. The number of nitrogens with zero attached hydrogens (tertiary/aromatic N) is 5. The molecule has 0 aromatic carbocycles. The fourth-order valence-corrected chi connectivity index (χ4v) is 6.65. The van der Waals surface area contributed by atoms with Crippen molar-refractivity contribution in [2.45, 2.75) is 31.2 Å². The number of piperidine rings is 1. The summed E-state index contributed by atoms with van der Waals surface area (Å²) < 4.78 is 30.2. The van der Waals surface area contributed by atoms with Gasteiger partial charge < -0.3 is 15.2 Å². The Morgan fingerprint density at radius 3 is 2.93 bits per heavy atom. The number of H-pyrrole nitrogens is 1. The normalized spacial score (nSPS) is 25.2. The summed E-state index contributed by atoms with van der Waals surface area (Å²) >= 11 is 0. The maximum absolute atomic E-state index is 13.4. The van der Waals surface area contributed by atoms with Gasteiger partial charge in [0, 0.05) is 39.4 Å². The Morgan fingerprint density at radius 1 is 1.31 bits per heavy atom. The Hall–Kier alpha value is -1.75. The van der Waals surface area contributed by atoms with E-state index in [0.29, 0.717) is 32.1 Å². The first kappa shape index (κ1) is 19.2. The highest BCUT2D eigenvalue weighted by atomic mass is 32.2. The standard InChI is InChI=1S/C19H29N7O2S/c1-24(12-15-3-2-7-20-11-15)29(27,28)26-10-9-25(13-19(26)5-6-19)18-16-4-8-21-17(16)22-14-23-18/h4,8,14-15,20H,2-3,5-7,9-13H2,1H3,(H,21,22,23). The van der Waals surface area contributed by atoms with Crippen molar-refractivity contribution in [2.24, 2.45) is 5.92 Å². The average Bonchev–Trinajstić information content (AvgIpc) is 3.29. The van der Waals surface area contributed by atoms with Crippen molar-refractivity contribution in [1.29, 1.82) is 0 Å². The van der Waals surface area contributed by atoms with E-state index in [4.69, 9.17) is 0 Å². The molecule has 10 heteroatoms. The van der Waals surface area contributed by atoms with Crippen LogP contribution in [-0.4, -0.2) is 83.8 Å². The molecule has 2 aliphatic heterocycles. The minimum absolute atomic E-state index is 0.302. The van der Waals surface area contributed by atoms with E-state index >= 15 is 0 Å².